The topological polar surface area (TPSA) is 34.4 Å². The summed E-state index contributed by atoms with van der Waals surface area (Å²) in [5.74, 6) is 0.879. The fraction of sp³-hybridized carbons (Fsp3) is 0.231. The Morgan fingerprint density at radius 1 is 1.29 bits per heavy atom. The van der Waals surface area contributed by atoms with E-state index in [1.54, 1.807) is 12.5 Å². The second-order valence-corrected chi connectivity index (χ2v) is 4.53. The van der Waals surface area contributed by atoms with E-state index in [0.29, 0.717) is 6.61 Å². The Morgan fingerprint density at radius 3 is 3.00 bits per heavy atom. The second kappa shape index (κ2) is 6.47. The molecule has 0 unspecified atom stereocenters. The zero-order chi connectivity index (χ0) is 11.9. The van der Waals surface area contributed by atoms with Crippen molar-refractivity contribution < 1.29 is 9.15 Å². The van der Waals surface area contributed by atoms with Crippen LogP contribution in [0.1, 0.15) is 5.56 Å². The van der Waals surface area contributed by atoms with Crippen molar-refractivity contribution >= 4 is 15.9 Å². The van der Waals surface area contributed by atoms with E-state index in [1.807, 2.05) is 30.3 Å². The molecule has 1 aromatic carbocycles. The van der Waals surface area contributed by atoms with Gasteiger partial charge in [-0.1, -0.05) is 22.0 Å². The number of nitrogens with one attached hydrogen (secondary N) is 1. The van der Waals surface area contributed by atoms with Gasteiger partial charge >= 0.3 is 0 Å². The van der Waals surface area contributed by atoms with Gasteiger partial charge in [0, 0.05) is 23.1 Å². The molecular formula is C13H14BrNO2. The molecule has 17 heavy (non-hydrogen) atoms. The van der Waals surface area contributed by atoms with Crippen molar-refractivity contribution in [2.45, 2.75) is 6.54 Å². The lowest BCUT2D eigenvalue weighted by Gasteiger charge is -2.07. The normalized spacial score (nSPS) is 10.4. The van der Waals surface area contributed by atoms with Crippen LogP contribution in [0.15, 0.2) is 51.7 Å². The molecule has 0 aliphatic heterocycles. The molecular weight excluding hydrogens is 282 g/mol. The van der Waals surface area contributed by atoms with Gasteiger partial charge in [-0.05, 0) is 24.3 Å². The average Bonchev–Trinajstić information content (AvgIpc) is 2.82. The van der Waals surface area contributed by atoms with Crippen LogP contribution >= 0.6 is 15.9 Å². The smallest absolute Gasteiger partial charge is 0.120 e. The van der Waals surface area contributed by atoms with Gasteiger partial charge in [-0.3, -0.25) is 0 Å². The van der Waals surface area contributed by atoms with Crippen LogP contribution in [-0.4, -0.2) is 13.2 Å². The Bertz CT molecular complexity index is 442. The zero-order valence-corrected chi connectivity index (χ0v) is 10.9. The summed E-state index contributed by atoms with van der Waals surface area (Å²) in [6, 6.07) is 9.78. The fourth-order valence-electron chi connectivity index (χ4n) is 1.42. The van der Waals surface area contributed by atoms with Gasteiger partial charge in [0.05, 0.1) is 12.5 Å². The van der Waals surface area contributed by atoms with Gasteiger partial charge < -0.3 is 14.5 Å². The van der Waals surface area contributed by atoms with Gasteiger partial charge in [0.15, 0.2) is 0 Å². The van der Waals surface area contributed by atoms with E-state index in [1.165, 1.54) is 0 Å². The third-order valence-electron chi connectivity index (χ3n) is 2.25. The van der Waals surface area contributed by atoms with Gasteiger partial charge in [-0.15, -0.1) is 0 Å². The number of furan rings is 1. The van der Waals surface area contributed by atoms with Gasteiger partial charge in [-0.25, -0.2) is 0 Å². The van der Waals surface area contributed by atoms with E-state index < -0.39 is 0 Å². The van der Waals surface area contributed by atoms with Crippen LogP contribution in [0.25, 0.3) is 0 Å². The minimum Gasteiger partial charge on any atom is -0.492 e. The molecule has 0 spiro atoms. The lowest BCUT2D eigenvalue weighted by Crippen LogP contribution is -2.20. The summed E-state index contributed by atoms with van der Waals surface area (Å²) < 4.78 is 11.6. The molecule has 3 nitrogen and oxygen atoms in total. The summed E-state index contributed by atoms with van der Waals surface area (Å²) in [5.41, 5.74) is 1.15. The van der Waals surface area contributed by atoms with Crippen LogP contribution in [0.4, 0.5) is 0 Å². The predicted octanol–water partition coefficient (Wildman–Crippen LogP) is 3.21. The Kier molecular flexibility index (Phi) is 4.64. The van der Waals surface area contributed by atoms with Crippen molar-refractivity contribution in [3.05, 3.63) is 52.9 Å². The summed E-state index contributed by atoms with van der Waals surface area (Å²) in [6.45, 7) is 2.25. The van der Waals surface area contributed by atoms with Crippen molar-refractivity contribution in [1.29, 1.82) is 0 Å². The van der Waals surface area contributed by atoms with E-state index in [0.717, 1.165) is 28.9 Å². The number of hydrogen-bond acceptors (Lipinski definition) is 3. The largest absolute Gasteiger partial charge is 0.492 e. The van der Waals surface area contributed by atoms with Crippen molar-refractivity contribution in [3.63, 3.8) is 0 Å². The molecule has 0 radical (unpaired) electrons. The van der Waals surface area contributed by atoms with Crippen LogP contribution in [-0.2, 0) is 6.54 Å². The van der Waals surface area contributed by atoms with E-state index in [4.69, 9.17) is 9.15 Å². The number of rotatable bonds is 6. The molecule has 0 amide bonds. The van der Waals surface area contributed by atoms with Gasteiger partial charge in [-0.2, -0.15) is 0 Å². The molecule has 0 bridgehead atoms. The first kappa shape index (κ1) is 12.2. The van der Waals surface area contributed by atoms with Crippen molar-refractivity contribution in [3.8, 4) is 5.75 Å². The Morgan fingerprint density at radius 2 is 2.24 bits per heavy atom. The number of benzene rings is 1. The monoisotopic (exact) mass is 295 g/mol. The first-order valence-corrected chi connectivity index (χ1v) is 6.24. The molecule has 2 aromatic rings. The van der Waals surface area contributed by atoms with E-state index in [-0.39, 0.29) is 0 Å². The van der Waals surface area contributed by atoms with E-state index in [2.05, 4.69) is 21.2 Å². The maximum Gasteiger partial charge on any atom is 0.120 e. The lowest BCUT2D eigenvalue weighted by atomic mass is 10.3. The molecule has 4 heteroatoms. The van der Waals surface area contributed by atoms with Crippen LogP contribution in [0.3, 0.4) is 0 Å². The second-order valence-electron chi connectivity index (χ2n) is 3.61. The third-order valence-corrected chi connectivity index (χ3v) is 2.75. The fourth-order valence-corrected chi connectivity index (χ4v) is 1.80. The molecule has 90 valence electrons. The molecule has 1 heterocycles. The Balaban J connectivity index is 1.63. The highest BCUT2D eigenvalue weighted by Crippen LogP contribution is 2.17. The highest BCUT2D eigenvalue weighted by atomic mass is 79.9. The SMILES string of the molecule is Brc1cccc(OCCNCc2ccoc2)c1. The molecule has 2 rings (SSSR count). The summed E-state index contributed by atoms with van der Waals surface area (Å²) >= 11 is 3.40. The Labute approximate surface area is 109 Å². The highest BCUT2D eigenvalue weighted by Gasteiger charge is 1.95. The average molecular weight is 296 g/mol. The molecule has 0 atom stereocenters. The standard InChI is InChI=1S/C13H14BrNO2/c14-12-2-1-3-13(8-12)17-7-5-15-9-11-4-6-16-10-11/h1-4,6,8,10,15H,5,7,9H2. The quantitative estimate of drug-likeness (QED) is 0.831. The first-order valence-electron chi connectivity index (χ1n) is 5.45. The summed E-state index contributed by atoms with van der Waals surface area (Å²) in [5, 5.41) is 3.28. The Hall–Kier alpha value is -1.26. The van der Waals surface area contributed by atoms with Crippen molar-refractivity contribution in [1.82, 2.24) is 5.32 Å². The molecule has 1 aromatic heterocycles. The zero-order valence-electron chi connectivity index (χ0n) is 9.36. The van der Waals surface area contributed by atoms with Gasteiger partial charge in [0.2, 0.25) is 0 Å². The van der Waals surface area contributed by atoms with Gasteiger partial charge in [0.1, 0.15) is 12.4 Å². The minimum absolute atomic E-state index is 0.647. The summed E-state index contributed by atoms with van der Waals surface area (Å²) in [6.07, 6.45) is 3.41. The summed E-state index contributed by atoms with van der Waals surface area (Å²) in [7, 11) is 0. The van der Waals surface area contributed by atoms with Crippen LogP contribution in [0.2, 0.25) is 0 Å². The number of hydrogen-bond donors (Lipinski definition) is 1. The molecule has 0 saturated carbocycles. The van der Waals surface area contributed by atoms with E-state index >= 15 is 0 Å². The van der Waals surface area contributed by atoms with Crippen LogP contribution < -0.4 is 10.1 Å². The molecule has 0 fully saturated rings. The minimum atomic E-state index is 0.647. The first-order chi connectivity index (χ1) is 8.34. The predicted molar refractivity (Wildman–Crippen MR) is 70.1 cm³/mol. The van der Waals surface area contributed by atoms with Crippen molar-refractivity contribution in [2.24, 2.45) is 0 Å². The lowest BCUT2D eigenvalue weighted by molar-refractivity contribution is 0.313. The van der Waals surface area contributed by atoms with Gasteiger partial charge in [0.25, 0.3) is 0 Å². The maximum absolute atomic E-state index is 5.59. The number of halogens is 1. The van der Waals surface area contributed by atoms with Crippen LogP contribution in [0.5, 0.6) is 5.75 Å². The van der Waals surface area contributed by atoms with E-state index in [9.17, 15) is 0 Å². The third kappa shape index (κ3) is 4.24. The maximum atomic E-state index is 5.59. The number of ether oxygens (including phenoxy) is 1. The molecule has 1 N–H and O–H groups in total. The summed E-state index contributed by atoms with van der Waals surface area (Å²) in [4.78, 5) is 0. The molecule has 0 saturated heterocycles. The van der Waals surface area contributed by atoms with Crippen molar-refractivity contribution in [2.75, 3.05) is 13.2 Å². The highest BCUT2D eigenvalue weighted by molar-refractivity contribution is 9.10. The molecule has 0 aliphatic carbocycles. The molecule has 0 aliphatic rings. The van der Waals surface area contributed by atoms with Crippen LogP contribution in [0, 0.1) is 0 Å².